The van der Waals surface area contributed by atoms with Crippen molar-refractivity contribution in [1.82, 2.24) is 4.98 Å². The number of anilines is 1. The van der Waals surface area contributed by atoms with E-state index in [4.69, 9.17) is 5.73 Å². The lowest BCUT2D eigenvalue weighted by Gasteiger charge is -2.36. The van der Waals surface area contributed by atoms with Gasteiger partial charge in [-0.05, 0) is 29.9 Å². The Balaban J connectivity index is 1.99. The molecule has 0 amide bonds. The van der Waals surface area contributed by atoms with Crippen molar-refractivity contribution in [1.29, 1.82) is 0 Å². The second-order valence-corrected chi connectivity index (χ2v) is 5.45. The number of pyridine rings is 1. The van der Waals surface area contributed by atoms with Crippen molar-refractivity contribution < 1.29 is 0 Å². The van der Waals surface area contributed by atoms with Crippen LogP contribution in [0.5, 0.6) is 0 Å². The van der Waals surface area contributed by atoms with Gasteiger partial charge in [0.15, 0.2) is 0 Å². The van der Waals surface area contributed by atoms with Crippen molar-refractivity contribution in [2.75, 3.05) is 18.0 Å². The Morgan fingerprint density at radius 3 is 2.95 bits per heavy atom. The summed E-state index contributed by atoms with van der Waals surface area (Å²) in [5.41, 5.74) is 6.02. The summed E-state index contributed by atoms with van der Waals surface area (Å²) in [6.07, 6.45) is 0.968. The molecule has 3 rings (SSSR count). The third-order valence-corrected chi connectivity index (χ3v) is 4.05. The summed E-state index contributed by atoms with van der Waals surface area (Å²) >= 11 is 0. The molecule has 0 bridgehead atoms. The van der Waals surface area contributed by atoms with Crippen LogP contribution >= 0.6 is 0 Å². The number of hydrogen-bond acceptors (Lipinski definition) is 3. The molecule has 0 aliphatic carbocycles. The molecule has 1 saturated heterocycles. The smallest absolute Gasteiger partial charge is 0.257 e. The average molecular weight is 257 g/mol. The highest BCUT2D eigenvalue weighted by Crippen LogP contribution is 2.22. The van der Waals surface area contributed by atoms with E-state index in [1.165, 1.54) is 0 Å². The molecule has 100 valence electrons. The maximum absolute atomic E-state index is 12.1. The number of nitrogens with zero attached hydrogens (tertiary/aromatic N) is 1. The van der Waals surface area contributed by atoms with Gasteiger partial charge in [-0.15, -0.1) is 0 Å². The van der Waals surface area contributed by atoms with E-state index in [9.17, 15) is 4.79 Å². The van der Waals surface area contributed by atoms with Gasteiger partial charge in [-0.3, -0.25) is 4.79 Å². The van der Waals surface area contributed by atoms with Crippen LogP contribution in [0.3, 0.4) is 0 Å². The number of aromatic nitrogens is 1. The number of nitrogens with two attached hydrogens (primary N) is 1. The molecular formula is C15H19N3O. The van der Waals surface area contributed by atoms with Crippen LogP contribution in [0.4, 0.5) is 5.82 Å². The van der Waals surface area contributed by atoms with Gasteiger partial charge in [-0.25, -0.2) is 0 Å². The fraction of sp³-hybridized carbons (Fsp3) is 0.400. The maximum Gasteiger partial charge on any atom is 0.257 e. The van der Waals surface area contributed by atoms with E-state index in [0.29, 0.717) is 5.92 Å². The van der Waals surface area contributed by atoms with Crippen LogP contribution in [0.15, 0.2) is 35.1 Å². The number of hydrogen-bond donors (Lipinski definition) is 2. The van der Waals surface area contributed by atoms with E-state index in [0.717, 1.165) is 36.1 Å². The molecule has 3 N–H and O–H groups in total. The van der Waals surface area contributed by atoms with E-state index < -0.39 is 0 Å². The van der Waals surface area contributed by atoms with Crippen molar-refractivity contribution in [3.8, 4) is 0 Å². The van der Waals surface area contributed by atoms with E-state index in [2.05, 4.69) is 22.9 Å². The lowest BCUT2D eigenvalue weighted by atomic mass is 9.95. The Morgan fingerprint density at radius 1 is 1.37 bits per heavy atom. The highest BCUT2D eigenvalue weighted by Gasteiger charge is 2.23. The molecule has 4 heteroatoms. The topological polar surface area (TPSA) is 62.1 Å². The summed E-state index contributed by atoms with van der Waals surface area (Å²) in [4.78, 5) is 17.3. The number of H-pyrrole nitrogens is 1. The Labute approximate surface area is 112 Å². The third kappa shape index (κ3) is 2.24. The van der Waals surface area contributed by atoms with Crippen LogP contribution in [-0.2, 0) is 0 Å². The van der Waals surface area contributed by atoms with Gasteiger partial charge >= 0.3 is 0 Å². The van der Waals surface area contributed by atoms with Crippen molar-refractivity contribution in [3.63, 3.8) is 0 Å². The van der Waals surface area contributed by atoms with Gasteiger partial charge < -0.3 is 15.6 Å². The van der Waals surface area contributed by atoms with E-state index in [-0.39, 0.29) is 11.6 Å². The summed E-state index contributed by atoms with van der Waals surface area (Å²) < 4.78 is 0. The first-order chi connectivity index (χ1) is 9.15. The summed E-state index contributed by atoms with van der Waals surface area (Å²) in [5, 5.41) is 1.73. The largest absolute Gasteiger partial charge is 0.358 e. The highest BCUT2D eigenvalue weighted by molar-refractivity contribution is 5.83. The first-order valence-corrected chi connectivity index (χ1v) is 6.78. The average Bonchev–Trinajstić information content (AvgIpc) is 2.42. The lowest BCUT2D eigenvalue weighted by Crippen LogP contribution is -2.46. The number of benzene rings is 1. The Kier molecular flexibility index (Phi) is 3.03. The van der Waals surface area contributed by atoms with Gasteiger partial charge in [-0.1, -0.05) is 25.1 Å². The fourth-order valence-corrected chi connectivity index (χ4v) is 2.75. The Bertz CT molecular complexity index is 649. The van der Waals surface area contributed by atoms with E-state index in [1.54, 1.807) is 0 Å². The first kappa shape index (κ1) is 12.2. The van der Waals surface area contributed by atoms with Gasteiger partial charge in [-0.2, -0.15) is 0 Å². The van der Waals surface area contributed by atoms with E-state index >= 15 is 0 Å². The summed E-state index contributed by atoms with van der Waals surface area (Å²) in [6.45, 7) is 3.96. The van der Waals surface area contributed by atoms with Crippen LogP contribution in [0.25, 0.3) is 10.8 Å². The van der Waals surface area contributed by atoms with Crippen LogP contribution in [-0.4, -0.2) is 24.1 Å². The second kappa shape index (κ2) is 4.70. The molecule has 1 aliphatic heterocycles. The number of aromatic amines is 1. The van der Waals surface area contributed by atoms with Crippen LogP contribution in [0, 0.1) is 5.92 Å². The number of piperidine rings is 1. The van der Waals surface area contributed by atoms with Crippen LogP contribution < -0.4 is 16.2 Å². The van der Waals surface area contributed by atoms with Crippen LogP contribution in [0.2, 0.25) is 0 Å². The predicted octanol–water partition coefficient (Wildman–Crippen LogP) is 1.70. The minimum absolute atomic E-state index is 0.0179. The van der Waals surface area contributed by atoms with E-state index in [1.807, 2.05) is 24.3 Å². The molecule has 1 aromatic heterocycles. The summed E-state index contributed by atoms with van der Waals surface area (Å²) in [7, 11) is 0. The highest BCUT2D eigenvalue weighted by atomic mass is 16.1. The van der Waals surface area contributed by atoms with Gasteiger partial charge in [0.1, 0.15) is 5.82 Å². The molecule has 19 heavy (non-hydrogen) atoms. The van der Waals surface area contributed by atoms with Gasteiger partial charge in [0.05, 0.1) is 0 Å². The van der Waals surface area contributed by atoms with Gasteiger partial charge in [0.2, 0.25) is 0 Å². The predicted molar refractivity (Wildman–Crippen MR) is 78.5 cm³/mol. The molecule has 2 heterocycles. The molecule has 0 saturated carbocycles. The molecule has 2 atom stereocenters. The molecule has 1 fully saturated rings. The molecule has 0 spiro atoms. The molecule has 1 aliphatic rings. The number of fused-ring (bicyclic) bond motifs is 1. The zero-order chi connectivity index (χ0) is 13.4. The minimum atomic E-state index is -0.0179. The van der Waals surface area contributed by atoms with Crippen molar-refractivity contribution in [3.05, 3.63) is 40.7 Å². The number of rotatable bonds is 1. The molecule has 0 radical (unpaired) electrons. The first-order valence-electron chi connectivity index (χ1n) is 6.78. The zero-order valence-corrected chi connectivity index (χ0v) is 11.1. The number of nitrogens with one attached hydrogen (secondary N) is 1. The molecule has 4 nitrogen and oxygen atoms in total. The molecule has 2 aromatic rings. The van der Waals surface area contributed by atoms with Gasteiger partial charge in [0.25, 0.3) is 5.56 Å². The van der Waals surface area contributed by atoms with Crippen molar-refractivity contribution in [2.24, 2.45) is 11.7 Å². The van der Waals surface area contributed by atoms with Crippen molar-refractivity contribution in [2.45, 2.75) is 19.4 Å². The zero-order valence-electron chi connectivity index (χ0n) is 11.1. The SMILES string of the molecule is CC1CN(c2cc3ccccc3c(=O)[nH]2)CCC1N. The molecule has 1 aromatic carbocycles. The quantitative estimate of drug-likeness (QED) is 0.817. The lowest BCUT2D eigenvalue weighted by molar-refractivity contribution is 0.381. The molecular weight excluding hydrogens is 238 g/mol. The normalized spacial score (nSPS) is 23.8. The molecule has 2 unspecified atom stereocenters. The maximum atomic E-state index is 12.1. The van der Waals surface area contributed by atoms with Crippen molar-refractivity contribution >= 4 is 16.6 Å². The second-order valence-electron chi connectivity index (χ2n) is 5.45. The minimum Gasteiger partial charge on any atom is -0.358 e. The monoisotopic (exact) mass is 257 g/mol. The van der Waals surface area contributed by atoms with Crippen LogP contribution in [0.1, 0.15) is 13.3 Å². The fourth-order valence-electron chi connectivity index (χ4n) is 2.75. The Hall–Kier alpha value is -1.81. The summed E-state index contributed by atoms with van der Waals surface area (Å²) in [5.74, 6) is 1.35. The third-order valence-electron chi connectivity index (χ3n) is 4.05. The Morgan fingerprint density at radius 2 is 2.16 bits per heavy atom. The standard InChI is InChI=1S/C15H19N3O/c1-10-9-18(7-6-13(10)16)14-8-11-4-2-3-5-12(11)15(19)17-14/h2-5,8,10,13H,6-7,9,16H2,1H3,(H,17,19). The summed E-state index contributed by atoms with van der Waals surface area (Å²) in [6, 6.07) is 10.0. The van der Waals surface area contributed by atoms with Gasteiger partial charge in [0, 0.05) is 24.5 Å².